The number of hydrogen-bond donors (Lipinski definition) is 1. The van der Waals surface area contributed by atoms with Crippen LogP contribution < -0.4 is 0 Å². The fourth-order valence-electron chi connectivity index (χ4n) is 2.62. The monoisotopic (exact) mass is 307 g/mol. The molecule has 0 unspecified atom stereocenters. The molecule has 1 amide bonds. The van der Waals surface area contributed by atoms with Crippen molar-refractivity contribution >= 4 is 5.91 Å². The minimum atomic E-state index is -0.746. The van der Waals surface area contributed by atoms with Gasteiger partial charge in [-0.05, 0) is 26.0 Å². The van der Waals surface area contributed by atoms with E-state index in [1.165, 1.54) is 15.6 Å². The number of carbonyl (C=O) groups is 1. The molecule has 116 valence electrons. The SMILES string of the molecule is Cc1nn(-c2ccc(F)cc2F)c(C)c1C(=O)N1CC(O)C1. The summed E-state index contributed by atoms with van der Waals surface area (Å²) in [5, 5.41) is 13.5. The van der Waals surface area contributed by atoms with E-state index in [9.17, 15) is 18.7 Å². The number of carbonyl (C=O) groups excluding carboxylic acids is 1. The second-order valence-electron chi connectivity index (χ2n) is 5.42. The van der Waals surface area contributed by atoms with Crippen LogP contribution in [0.3, 0.4) is 0 Å². The Labute approximate surface area is 125 Å². The predicted octanol–water partition coefficient (Wildman–Crippen LogP) is 1.58. The third-order valence-corrected chi connectivity index (χ3v) is 3.79. The van der Waals surface area contributed by atoms with E-state index in [0.29, 0.717) is 17.0 Å². The molecule has 3 rings (SSSR count). The van der Waals surface area contributed by atoms with Crippen LogP contribution in [0.1, 0.15) is 21.7 Å². The van der Waals surface area contributed by atoms with Crippen LogP contribution in [0.2, 0.25) is 0 Å². The number of rotatable bonds is 2. The van der Waals surface area contributed by atoms with Crippen molar-refractivity contribution in [1.29, 1.82) is 0 Å². The molecule has 1 aliphatic heterocycles. The van der Waals surface area contributed by atoms with Gasteiger partial charge in [0.1, 0.15) is 11.5 Å². The van der Waals surface area contributed by atoms with E-state index in [2.05, 4.69) is 5.10 Å². The first-order chi connectivity index (χ1) is 10.4. The van der Waals surface area contributed by atoms with Crippen LogP contribution in [0.15, 0.2) is 18.2 Å². The summed E-state index contributed by atoms with van der Waals surface area (Å²) < 4.78 is 28.2. The molecule has 0 radical (unpaired) electrons. The molecule has 1 saturated heterocycles. The number of aliphatic hydroxyl groups excluding tert-OH is 1. The molecule has 1 N–H and O–H groups in total. The fraction of sp³-hybridized carbons (Fsp3) is 0.333. The van der Waals surface area contributed by atoms with Gasteiger partial charge in [0.25, 0.3) is 5.91 Å². The van der Waals surface area contributed by atoms with Crippen molar-refractivity contribution in [3.8, 4) is 5.69 Å². The maximum atomic E-state index is 13.9. The quantitative estimate of drug-likeness (QED) is 0.916. The molecule has 7 heteroatoms. The number of aryl methyl sites for hydroxylation is 1. The predicted molar refractivity (Wildman–Crippen MR) is 74.9 cm³/mol. The molecule has 0 bridgehead atoms. The molecule has 0 atom stereocenters. The molecule has 1 aromatic heterocycles. The van der Waals surface area contributed by atoms with Crippen LogP contribution in [-0.4, -0.2) is 44.9 Å². The number of likely N-dealkylation sites (tertiary alicyclic amines) is 1. The lowest BCUT2D eigenvalue weighted by Crippen LogP contribution is -2.53. The highest BCUT2D eigenvalue weighted by Gasteiger charge is 2.32. The second-order valence-corrected chi connectivity index (χ2v) is 5.42. The number of hydrogen-bond acceptors (Lipinski definition) is 3. The van der Waals surface area contributed by atoms with Gasteiger partial charge < -0.3 is 10.0 Å². The maximum absolute atomic E-state index is 13.9. The van der Waals surface area contributed by atoms with Gasteiger partial charge in [0.2, 0.25) is 0 Å². The topological polar surface area (TPSA) is 58.4 Å². The van der Waals surface area contributed by atoms with E-state index in [0.717, 1.165) is 12.1 Å². The molecular weight excluding hydrogens is 292 g/mol. The van der Waals surface area contributed by atoms with Crippen molar-refractivity contribution in [2.24, 2.45) is 0 Å². The van der Waals surface area contributed by atoms with Gasteiger partial charge in [-0.3, -0.25) is 4.79 Å². The molecule has 22 heavy (non-hydrogen) atoms. The van der Waals surface area contributed by atoms with Crippen LogP contribution in [0.25, 0.3) is 5.69 Å². The number of amides is 1. The average molecular weight is 307 g/mol. The Bertz CT molecular complexity index is 751. The summed E-state index contributed by atoms with van der Waals surface area (Å²) in [6.45, 7) is 3.89. The normalized spacial score (nSPS) is 15.0. The Hall–Kier alpha value is -2.28. The van der Waals surface area contributed by atoms with Crippen molar-refractivity contribution < 1.29 is 18.7 Å². The molecular formula is C15H15F2N3O2. The lowest BCUT2D eigenvalue weighted by Gasteiger charge is -2.35. The van der Waals surface area contributed by atoms with Gasteiger partial charge in [0.05, 0.1) is 23.1 Å². The standard InChI is InChI=1S/C15H15F2N3O2/c1-8-14(15(22)19-6-11(21)7-19)9(2)20(18-8)13-4-3-10(16)5-12(13)17/h3-5,11,21H,6-7H2,1-2H3. The van der Waals surface area contributed by atoms with Gasteiger partial charge >= 0.3 is 0 Å². The van der Waals surface area contributed by atoms with Crippen molar-refractivity contribution in [2.75, 3.05) is 13.1 Å². The lowest BCUT2D eigenvalue weighted by atomic mass is 10.1. The Morgan fingerprint density at radius 3 is 2.59 bits per heavy atom. The van der Waals surface area contributed by atoms with Gasteiger partial charge in [-0.15, -0.1) is 0 Å². The minimum Gasteiger partial charge on any atom is -0.389 e. The van der Waals surface area contributed by atoms with Gasteiger partial charge in [-0.2, -0.15) is 5.10 Å². The van der Waals surface area contributed by atoms with E-state index in [1.54, 1.807) is 13.8 Å². The molecule has 1 fully saturated rings. The highest BCUT2D eigenvalue weighted by Crippen LogP contribution is 2.23. The van der Waals surface area contributed by atoms with Crippen LogP contribution >= 0.6 is 0 Å². The summed E-state index contributed by atoms with van der Waals surface area (Å²) in [7, 11) is 0. The molecule has 0 aliphatic carbocycles. The van der Waals surface area contributed by atoms with E-state index < -0.39 is 17.7 Å². The van der Waals surface area contributed by atoms with Gasteiger partial charge in [0.15, 0.2) is 5.82 Å². The van der Waals surface area contributed by atoms with Crippen LogP contribution in [-0.2, 0) is 0 Å². The molecule has 2 heterocycles. The van der Waals surface area contributed by atoms with Crippen molar-refractivity contribution in [2.45, 2.75) is 20.0 Å². The number of aliphatic hydroxyl groups is 1. The molecule has 1 aromatic carbocycles. The summed E-state index contributed by atoms with van der Waals surface area (Å²) >= 11 is 0. The van der Waals surface area contributed by atoms with Crippen LogP contribution in [0.5, 0.6) is 0 Å². The Kier molecular flexibility index (Phi) is 3.44. The molecule has 0 spiro atoms. The number of halogens is 2. The summed E-state index contributed by atoms with van der Waals surface area (Å²) in [6, 6.07) is 3.20. The van der Waals surface area contributed by atoms with E-state index >= 15 is 0 Å². The molecule has 2 aromatic rings. The first kappa shape index (κ1) is 14.6. The number of aromatic nitrogens is 2. The summed E-state index contributed by atoms with van der Waals surface area (Å²) in [5.74, 6) is -1.66. The zero-order chi connectivity index (χ0) is 16.0. The van der Waals surface area contributed by atoms with E-state index in [4.69, 9.17) is 0 Å². The number of β-amino-alcohol motifs (C(OH)–C–C–N with tert-alkyl or cyclic N) is 1. The van der Waals surface area contributed by atoms with Crippen molar-refractivity contribution in [1.82, 2.24) is 14.7 Å². The average Bonchev–Trinajstić information content (AvgIpc) is 2.70. The largest absolute Gasteiger partial charge is 0.389 e. The number of benzene rings is 1. The van der Waals surface area contributed by atoms with Gasteiger partial charge in [-0.1, -0.05) is 0 Å². The third kappa shape index (κ3) is 2.27. The van der Waals surface area contributed by atoms with Crippen molar-refractivity contribution in [3.63, 3.8) is 0 Å². The summed E-state index contributed by atoms with van der Waals surface area (Å²) in [5.41, 5.74) is 1.42. The first-order valence-electron chi connectivity index (χ1n) is 6.87. The third-order valence-electron chi connectivity index (χ3n) is 3.79. The highest BCUT2D eigenvalue weighted by atomic mass is 19.1. The molecule has 0 saturated carbocycles. The summed E-state index contributed by atoms with van der Waals surface area (Å²) in [6.07, 6.45) is -0.492. The van der Waals surface area contributed by atoms with Gasteiger partial charge in [0, 0.05) is 19.2 Å². The fourth-order valence-corrected chi connectivity index (χ4v) is 2.62. The number of nitrogens with zero attached hydrogens (tertiary/aromatic N) is 3. The Morgan fingerprint density at radius 2 is 2.00 bits per heavy atom. The Morgan fingerprint density at radius 1 is 1.32 bits per heavy atom. The maximum Gasteiger partial charge on any atom is 0.257 e. The second kappa shape index (κ2) is 5.17. The van der Waals surface area contributed by atoms with E-state index in [-0.39, 0.29) is 24.7 Å². The first-order valence-corrected chi connectivity index (χ1v) is 6.87. The zero-order valence-corrected chi connectivity index (χ0v) is 12.2. The molecule has 5 nitrogen and oxygen atoms in total. The minimum absolute atomic E-state index is 0.0877. The highest BCUT2D eigenvalue weighted by molar-refractivity contribution is 5.97. The van der Waals surface area contributed by atoms with Crippen molar-refractivity contribution in [3.05, 3.63) is 46.8 Å². The lowest BCUT2D eigenvalue weighted by molar-refractivity contribution is 0.00578. The summed E-state index contributed by atoms with van der Waals surface area (Å²) in [4.78, 5) is 13.9. The van der Waals surface area contributed by atoms with Crippen LogP contribution in [0, 0.1) is 25.5 Å². The van der Waals surface area contributed by atoms with E-state index in [1.807, 2.05) is 0 Å². The smallest absolute Gasteiger partial charge is 0.257 e. The van der Waals surface area contributed by atoms with Crippen LogP contribution in [0.4, 0.5) is 8.78 Å². The zero-order valence-electron chi connectivity index (χ0n) is 12.2. The Balaban J connectivity index is 2.01. The van der Waals surface area contributed by atoms with Gasteiger partial charge in [-0.25, -0.2) is 13.5 Å². The molecule has 1 aliphatic rings.